The molecule has 2 rings (SSSR count). The second-order valence-electron chi connectivity index (χ2n) is 4.28. The lowest BCUT2D eigenvalue weighted by Crippen LogP contribution is -2.39. The first-order valence-corrected chi connectivity index (χ1v) is 7.53. The van der Waals surface area contributed by atoms with Crippen LogP contribution in [0.15, 0.2) is 18.2 Å². The van der Waals surface area contributed by atoms with E-state index in [1.165, 1.54) is 0 Å². The Balaban J connectivity index is 1.91. The first kappa shape index (κ1) is 14.2. The zero-order valence-electron chi connectivity index (χ0n) is 10.3. The first-order valence-electron chi connectivity index (χ1n) is 5.99. The Hall–Kier alpha value is -1.22. The van der Waals surface area contributed by atoms with Crippen LogP contribution in [0.4, 0.5) is 5.69 Å². The van der Waals surface area contributed by atoms with Crippen LogP contribution in [0.5, 0.6) is 0 Å². The fourth-order valence-corrected chi connectivity index (χ4v) is 3.04. The summed E-state index contributed by atoms with van der Waals surface area (Å²) in [5.74, 6) is 2.02. The quantitative estimate of drug-likeness (QED) is 0.897. The van der Waals surface area contributed by atoms with Gasteiger partial charge in [0, 0.05) is 36.2 Å². The van der Waals surface area contributed by atoms with Gasteiger partial charge in [-0.3, -0.25) is 4.79 Å². The topological polar surface area (TPSA) is 64.9 Å². The lowest BCUT2D eigenvalue weighted by molar-refractivity contribution is -0.116. The van der Waals surface area contributed by atoms with Crippen molar-refractivity contribution >= 4 is 35.0 Å². The standard InChI is InChI=1S/C13H14ClN3OS/c14-12-5-10(2-1-9(12)7-15)17-13(18)6-11-8-19-4-3-16-11/h1-2,5,11,16H,3-4,6,8H2,(H,17,18). The molecular weight excluding hydrogens is 282 g/mol. The molecular formula is C13H14ClN3OS. The van der Waals surface area contributed by atoms with E-state index in [0.29, 0.717) is 22.7 Å². The smallest absolute Gasteiger partial charge is 0.225 e. The number of halogens is 1. The molecule has 1 aromatic carbocycles. The van der Waals surface area contributed by atoms with Gasteiger partial charge in [-0.05, 0) is 18.2 Å². The van der Waals surface area contributed by atoms with Crippen LogP contribution in [0.1, 0.15) is 12.0 Å². The van der Waals surface area contributed by atoms with Crippen molar-refractivity contribution in [3.63, 3.8) is 0 Å². The molecule has 1 fully saturated rings. The SMILES string of the molecule is N#Cc1ccc(NC(=O)CC2CSCCN2)cc1Cl. The molecule has 1 heterocycles. The Bertz CT molecular complexity index is 509. The molecule has 100 valence electrons. The molecule has 4 nitrogen and oxygen atoms in total. The molecule has 1 unspecified atom stereocenters. The predicted octanol–water partition coefficient (Wildman–Crippen LogP) is 2.25. The number of carbonyl (C=O) groups is 1. The van der Waals surface area contributed by atoms with Crippen molar-refractivity contribution in [1.29, 1.82) is 5.26 Å². The number of nitriles is 1. The lowest BCUT2D eigenvalue weighted by atomic mass is 10.2. The highest BCUT2D eigenvalue weighted by atomic mass is 35.5. The minimum atomic E-state index is -0.0409. The molecule has 2 N–H and O–H groups in total. The van der Waals surface area contributed by atoms with Crippen molar-refractivity contribution < 1.29 is 4.79 Å². The molecule has 1 aliphatic heterocycles. The van der Waals surface area contributed by atoms with Crippen molar-refractivity contribution in [3.05, 3.63) is 28.8 Å². The summed E-state index contributed by atoms with van der Waals surface area (Å²) in [4.78, 5) is 11.9. The zero-order chi connectivity index (χ0) is 13.7. The van der Waals surface area contributed by atoms with Crippen LogP contribution in [0.3, 0.4) is 0 Å². The Morgan fingerprint density at radius 1 is 1.63 bits per heavy atom. The van der Waals surface area contributed by atoms with Crippen LogP contribution in [0.2, 0.25) is 5.02 Å². The molecule has 0 saturated carbocycles. The van der Waals surface area contributed by atoms with Gasteiger partial charge in [-0.1, -0.05) is 11.6 Å². The van der Waals surface area contributed by atoms with Crippen LogP contribution in [-0.4, -0.2) is 30.0 Å². The Kier molecular flexibility index (Phi) is 5.08. The van der Waals surface area contributed by atoms with Crippen LogP contribution < -0.4 is 10.6 Å². The molecule has 0 aliphatic carbocycles. The molecule has 1 saturated heterocycles. The number of carbonyl (C=O) groups excluding carboxylic acids is 1. The maximum Gasteiger partial charge on any atom is 0.225 e. The maximum atomic E-state index is 11.9. The van der Waals surface area contributed by atoms with E-state index >= 15 is 0 Å². The summed E-state index contributed by atoms with van der Waals surface area (Å²) in [6, 6.07) is 7.10. The zero-order valence-corrected chi connectivity index (χ0v) is 11.9. The fourth-order valence-electron chi connectivity index (χ4n) is 1.87. The highest BCUT2D eigenvalue weighted by molar-refractivity contribution is 7.99. The Morgan fingerprint density at radius 2 is 2.47 bits per heavy atom. The highest BCUT2D eigenvalue weighted by Gasteiger charge is 2.16. The minimum Gasteiger partial charge on any atom is -0.326 e. The molecule has 0 radical (unpaired) electrons. The number of anilines is 1. The Morgan fingerprint density at radius 3 is 3.11 bits per heavy atom. The van der Waals surface area contributed by atoms with Gasteiger partial charge in [0.05, 0.1) is 10.6 Å². The third kappa shape index (κ3) is 4.13. The van der Waals surface area contributed by atoms with E-state index in [1.807, 2.05) is 17.8 Å². The molecule has 0 bridgehead atoms. The van der Waals surface area contributed by atoms with E-state index in [1.54, 1.807) is 18.2 Å². The number of benzene rings is 1. The van der Waals surface area contributed by atoms with Gasteiger partial charge in [-0.25, -0.2) is 0 Å². The molecule has 19 heavy (non-hydrogen) atoms. The highest BCUT2D eigenvalue weighted by Crippen LogP contribution is 2.20. The summed E-state index contributed by atoms with van der Waals surface area (Å²) >= 11 is 7.77. The average molecular weight is 296 g/mol. The van der Waals surface area contributed by atoms with Gasteiger partial charge in [0.1, 0.15) is 6.07 Å². The monoisotopic (exact) mass is 295 g/mol. The van der Waals surface area contributed by atoms with Crippen molar-refractivity contribution in [2.75, 3.05) is 23.4 Å². The first-order chi connectivity index (χ1) is 9.19. The lowest BCUT2D eigenvalue weighted by Gasteiger charge is -2.22. The minimum absolute atomic E-state index is 0.0409. The summed E-state index contributed by atoms with van der Waals surface area (Å²) in [7, 11) is 0. The van der Waals surface area contributed by atoms with E-state index in [2.05, 4.69) is 10.6 Å². The largest absolute Gasteiger partial charge is 0.326 e. The summed E-state index contributed by atoms with van der Waals surface area (Å²) in [5.41, 5.74) is 1.03. The molecule has 6 heteroatoms. The third-order valence-corrected chi connectivity index (χ3v) is 4.25. The number of nitrogens with one attached hydrogen (secondary N) is 2. The van der Waals surface area contributed by atoms with E-state index in [4.69, 9.17) is 16.9 Å². The van der Waals surface area contributed by atoms with Gasteiger partial charge in [0.2, 0.25) is 5.91 Å². The van der Waals surface area contributed by atoms with Crippen LogP contribution in [-0.2, 0) is 4.79 Å². The van der Waals surface area contributed by atoms with Crippen molar-refractivity contribution in [2.24, 2.45) is 0 Å². The van der Waals surface area contributed by atoms with E-state index in [0.717, 1.165) is 18.1 Å². The summed E-state index contributed by atoms with van der Waals surface area (Å²) in [6.45, 7) is 0.950. The fraction of sp³-hybridized carbons (Fsp3) is 0.385. The molecule has 0 aromatic heterocycles. The Labute approximate surface area is 121 Å². The van der Waals surface area contributed by atoms with E-state index < -0.39 is 0 Å². The van der Waals surface area contributed by atoms with Gasteiger partial charge < -0.3 is 10.6 Å². The van der Waals surface area contributed by atoms with Crippen LogP contribution in [0.25, 0.3) is 0 Å². The maximum absolute atomic E-state index is 11.9. The van der Waals surface area contributed by atoms with Crippen molar-refractivity contribution in [2.45, 2.75) is 12.5 Å². The number of amides is 1. The van der Waals surface area contributed by atoms with Gasteiger partial charge >= 0.3 is 0 Å². The number of rotatable bonds is 3. The van der Waals surface area contributed by atoms with Gasteiger partial charge in [0.15, 0.2) is 0 Å². The molecule has 0 spiro atoms. The number of nitrogens with zero attached hydrogens (tertiary/aromatic N) is 1. The average Bonchev–Trinajstić information content (AvgIpc) is 2.40. The summed E-state index contributed by atoms with van der Waals surface area (Å²) in [5, 5.41) is 15.2. The number of thioether (sulfide) groups is 1. The van der Waals surface area contributed by atoms with Crippen LogP contribution >= 0.6 is 23.4 Å². The van der Waals surface area contributed by atoms with E-state index in [9.17, 15) is 4.79 Å². The van der Waals surface area contributed by atoms with Gasteiger partial charge in [-0.15, -0.1) is 0 Å². The van der Waals surface area contributed by atoms with Gasteiger partial charge in [0.25, 0.3) is 0 Å². The second-order valence-corrected chi connectivity index (χ2v) is 5.84. The van der Waals surface area contributed by atoms with Crippen molar-refractivity contribution in [3.8, 4) is 6.07 Å². The molecule has 1 aliphatic rings. The number of hydrogen-bond donors (Lipinski definition) is 2. The summed E-state index contributed by atoms with van der Waals surface area (Å²) in [6.07, 6.45) is 0.449. The van der Waals surface area contributed by atoms with Gasteiger partial charge in [-0.2, -0.15) is 17.0 Å². The molecule has 1 amide bonds. The summed E-state index contributed by atoms with van der Waals surface area (Å²) < 4.78 is 0. The third-order valence-electron chi connectivity index (χ3n) is 2.80. The second kappa shape index (κ2) is 6.80. The molecule has 1 aromatic rings. The van der Waals surface area contributed by atoms with E-state index in [-0.39, 0.29) is 11.9 Å². The molecule has 1 atom stereocenters. The van der Waals surface area contributed by atoms with Crippen molar-refractivity contribution in [1.82, 2.24) is 5.32 Å². The van der Waals surface area contributed by atoms with Crippen LogP contribution in [0, 0.1) is 11.3 Å². The number of hydrogen-bond acceptors (Lipinski definition) is 4. The normalized spacial score (nSPS) is 18.6. The predicted molar refractivity (Wildman–Crippen MR) is 78.5 cm³/mol.